The number of methoxy groups -OCH3 is 1. The Balaban J connectivity index is 1.15. The number of carbonyl (C=O) groups is 3. The van der Waals surface area contributed by atoms with E-state index in [0.29, 0.717) is 42.0 Å². The minimum atomic E-state index is -3.97. The molecule has 4 aromatic rings. The number of carbonyl (C=O) groups excluding carboxylic acids is 3. The van der Waals surface area contributed by atoms with Crippen molar-refractivity contribution in [1.29, 1.82) is 0 Å². The van der Waals surface area contributed by atoms with Gasteiger partial charge in [-0.1, -0.05) is 57.0 Å². The lowest BCUT2D eigenvalue weighted by atomic mass is 10.0. The molecule has 8 rings (SSSR count). The van der Waals surface area contributed by atoms with Crippen LogP contribution in [-0.2, 0) is 24.4 Å². The van der Waals surface area contributed by atoms with Gasteiger partial charge in [-0.05, 0) is 82.6 Å². The van der Waals surface area contributed by atoms with Crippen LogP contribution in [-0.4, -0.2) is 83.1 Å². The van der Waals surface area contributed by atoms with E-state index in [-0.39, 0.29) is 31.2 Å². The van der Waals surface area contributed by atoms with Crippen molar-refractivity contribution >= 4 is 55.7 Å². The van der Waals surface area contributed by atoms with Gasteiger partial charge in [-0.3, -0.25) is 19.1 Å². The van der Waals surface area contributed by atoms with Crippen LogP contribution in [0.2, 0.25) is 0 Å². The van der Waals surface area contributed by atoms with Crippen LogP contribution >= 0.6 is 11.3 Å². The van der Waals surface area contributed by atoms with Gasteiger partial charge in [0.2, 0.25) is 21.8 Å². The van der Waals surface area contributed by atoms with Crippen LogP contribution in [0.4, 0.5) is 5.69 Å². The monoisotopic (exact) mass is 854 g/mol. The Morgan fingerprint density at radius 3 is 2.55 bits per heavy atom. The maximum absolute atomic E-state index is 14.9. The molecule has 5 atom stereocenters. The summed E-state index contributed by atoms with van der Waals surface area (Å²) in [5.41, 5.74) is 2.43. The summed E-state index contributed by atoms with van der Waals surface area (Å²) in [6.07, 6.45) is 8.45. The van der Waals surface area contributed by atoms with Gasteiger partial charge in [0.15, 0.2) is 0 Å². The third-order valence-corrected chi connectivity index (χ3v) is 15.6. The molecule has 3 N–H and O–H groups in total. The van der Waals surface area contributed by atoms with Crippen LogP contribution in [0.1, 0.15) is 95.7 Å². The fourth-order valence-electron chi connectivity index (χ4n) is 8.34. The van der Waals surface area contributed by atoms with Gasteiger partial charge in [0.25, 0.3) is 5.91 Å². The number of benzene rings is 2. The second-order valence-electron chi connectivity index (χ2n) is 17.3. The summed E-state index contributed by atoms with van der Waals surface area (Å²) >= 11 is 1.51. The summed E-state index contributed by atoms with van der Waals surface area (Å²) in [4.78, 5) is 55.1. The molecule has 2 aliphatic carbocycles. The predicted molar refractivity (Wildman–Crippen MR) is 233 cm³/mol. The summed E-state index contributed by atoms with van der Waals surface area (Å²) < 4.78 is 40.4. The second kappa shape index (κ2) is 16.4. The van der Waals surface area contributed by atoms with Crippen molar-refractivity contribution in [1.82, 2.24) is 24.9 Å². The number of allylic oxidation sites excluding steroid dienone is 1. The largest absolute Gasteiger partial charge is 0.496 e. The molecule has 4 aliphatic rings. The zero-order valence-corrected chi connectivity index (χ0v) is 36.5. The highest BCUT2D eigenvalue weighted by atomic mass is 32.2. The van der Waals surface area contributed by atoms with E-state index in [2.05, 4.69) is 29.2 Å². The highest BCUT2D eigenvalue weighted by Gasteiger charge is 2.63. The number of pyridine rings is 1. The molecule has 0 unspecified atom stereocenters. The summed E-state index contributed by atoms with van der Waals surface area (Å²) in [5, 5.41) is 9.96. The number of anilines is 1. The van der Waals surface area contributed by atoms with Crippen molar-refractivity contribution in [3.63, 3.8) is 0 Å². The maximum atomic E-state index is 14.9. The quantitative estimate of drug-likeness (QED) is 0.141. The number of aromatic nitrogens is 2. The van der Waals surface area contributed by atoms with E-state index in [0.717, 1.165) is 53.0 Å². The molecule has 60 heavy (non-hydrogen) atoms. The van der Waals surface area contributed by atoms with Crippen LogP contribution in [0, 0.1) is 12.8 Å². The minimum Gasteiger partial charge on any atom is -0.496 e. The van der Waals surface area contributed by atoms with Crippen LogP contribution < -0.4 is 24.8 Å². The average molecular weight is 855 g/mol. The molecule has 2 aromatic carbocycles. The SMILES string of the molecule is COc1ccc2c(O[C@@H]3C[C@H]4C(=O)N[C@]5(C(=O)NS(=O)(=O)C6(C)CC6)C[C@H]5C=CCCCCC[C@H](Nc5ccccc5)C(=O)N4C3)cc(-c3nc(C(C)C)cs3)nc2c1C. The van der Waals surface area contributed by atoms with Gasteiger partial charge < -0.3 is 25.0 Å². The zero-order valence-electron chi connectivity index (χ0n) is 34.8. The maximum Gasteiger partial charge on any atom is 0.259 e. The Morgan fingerprint density at radius 2 is 1.83 bits per heavy atom. The van der Waals surface area contributed by atoms with E-state index < -0.39 is 56.2 Å². The van der Waals surface area contributed by atoms with Gasteiger partial charge in [0.05, 0.1) is 29.6 Å². The third kappa shape index (κ3) is 8.22. The first-order valence-electron chi connectivity index (χ1n) is 21.0. The molecule has 3 amide bonds. The van der Waals surface area contributed by atoms with Crippen molar-refractivity contribution in [2.45, 2.75) is 120 Å². The normalized spacial score (nSPS) is 25.4. The van der Waals surface area contributed by atoms with Crippen molar-refractivity contribution in [2.24, 2.45) is 5.92 Å². The van der Waals surface area contributed by atoms with Crippen LogP contribution in [0.25, 0.3) is 21.6 Å². The van der Waals surface area contributed by atoms with E-state index in [4.69, 9.17) is 19.4 Å². The summed E-state index contributed by atoms with van der Waals surface area (Å²) in [7, 11) is -2.36. The number of sulfonamides is 1. The number of ether oxygens (including phenoxy) is 2. The topological polar surface area (TPSA) is 169 Å². The highest BCUT2D eigenvalue weighted by Crippen LogP contribution is 2.48. The molecule has 2 saturated carbocycles. The van der Waals surface area contributed by atoms with Crippen LogP contribution in [0.3, 0.4) is 0 Å². The van der Waals surface area contributed by atoms with Crippen molar-refractivity contribution < 1.29 is 32.3 Å². The van der Waals surface area contributed by atoms with Gasteiger partial charge in [-0.2, -0.15) is 0 Å². The van der Waals surface area contributed by atoms with E-state index in [9.17, 15) is 22.8 Å². The number of nitrogens with one attached hydrogen (secondary N) is 3. The number of hydrogen-bond acceptors (Lipinski definition) is 11. The standard InChI is InChI=1S/C45H54N6O7S2/c1-27(2)35-26-59-41(48-35)34-23-38(32-18-19-37(57-5)28(3)39(32)47-34)58-31-22-36-40(52)49-45(43(54)50-60(55,56)44(4)20-21-44)24-29(45)14-10-7-6-8-13-17-33(42(53)51(36)25-31)46-30-15-11-9-12-16-30/h9-12,14-16,18-19,23,26-27,29,31,33,36,46H,6-8,13,17,20-22,24-25H2,1-5H3,(H,49,52)(H,50,54)/t29-,31-,33+,36+,45-/m1/s1. The van der Waals surface area contributed by atoms with Crippen LogP contribution in [0.15, 0.2) is 66.1 Å². The molecule has 1 saturated heterocycles. The predicted octanol–water partition coefficient (Wildman–Crippen LogP) is 7.02. The van der Waals surface area contributed by atoms with Gasteiger partial charge in [-0.15, -0.1) is 11.3 Å². The first-order valence-corrected chi connectivity index (χ1v) is 23.4. The Hall–Kier alpha value is -5.02. The van der Waals surface area contributed by atoms with E-state index in [1.807, 2.05) is 73.0 Å². The Kier molecular flexibility index (Phi) is 11.4. The van der Waals surface area contributed by atoms with Gasteiger partial charge in [0, 0.05) is 40.4 Å². The number of rotatable bonds is 10. The lowest BCUT2D eigenvalue weighted by Gasteiger charge is -2.30. The molecular weight excluding hydrogens is 801 g/mol. The molecule has 0 radical (unpaired) electrons. The Bertz CT molecular complexity index is 2430. The van der Waals surface area contributed by atoms with Gasteiger partial charge in [-0.25, -0.2) is 18.4 Å². The molecule has 318 valence electrons. The molecule has 0 bridgehead atoms. The third-order valence-electron chi connectivity index (χ3n) is 12.6. The smallest absolute Gasteiger partial charge is 0.259 e. The Labute approximate surface area is 355 Å². The number of para-hydroxylation sites is 1. The number of amides is 3. The number of fused-ring (bicyclic) bond motifs is 3. The van der Waals surface area contributed by atoms with E-state index in [1.165, 1.54) is 11.3 Å². The van der Waals surface area contributed by atoms with E-state index >= 15 is 0 Å². The second-order valence-corrected chi connectivity index (χ2v) is 20.3. The average Bonchev–Trinajstić information content (AvgIpc) is 4.00. The number of hydrogen-bond donors (Lipinski definition) is 3. The molecule has 15 heteroatoms. The molecule has 2 aromatic heterocycles. The summed E-state index contributed by atoms with van der Waals surface area (Å²) in [6, 6.07) is 13.5. The minimum absolute atomic E-state index is 0.0994. The lowest BCUT2D eigenvalue weighted by Crippen LogP contribution is -2.58. The fraction of sp³-hybridized carbons (Fsp3) is 0.489. The molecule has 13 nitrogen and oxygen atoms in total. The molecule has 0 spiro atoms. The summed E-state index contributed by atoms with van der Waals surface area (Å²) in [6.45, 7) is 7.85. The van der Waals surface area contributed by atoms with Gasteiger partial charge in [0.1, 0.15) is 45.9 Å². The van der Waals surface area contributed by atoms with Crippen molar-refractivity contribution in [2.75, 3.05) is 19.0 Å². The summed E-state index contributed by atoms with van der Waals surface area (Å²) in [5.74, 6) is -0.492. The van der Waals surface area contributed by atoms with E-state index in [1.54, 1.807) is 18.9 Å². The highest BCUT2D eigenvalue weighted by molar-refractivity contribution is 7.91. The molecule has 3 fully saturated rings. The van der Waals surface area contributed by atoms with Crippen molar-refractivity contribution in [3.05, 3.63) is 77.3 Å². The zero-order chi connectivity index (χ0) is 42.4. The van der Waals surface area contributed by atoms with Gasteiger partial charge >= 0.3 is 0 Å². The molecular formula is C45H54N6O7S2. The molecule has 2 aliphatic heterocycles. The first kappa shape index (κ1) is 41.7. The number of nitrogens with zero attached hydrogens (tertiary/aromatic N) is 3. The Morgan fingerprint density at radius 1 is 1.05 bits per heavy atom. The fourth-order valence-corrected chi connectivity index (χ4v) is 10.6. The number of aryl methyl sites for hydroxylation is 1. The lowest BCUT2D eigenvalue weighted by molar-refractivity contribution is -0.140. The number of thiazole rings is 1. The first-order chi connectivity index (χ1) is 28.7. The molecule has 4 heterocycles. The van der Waals surface area contributed by atoms with Crippen LogP contribution in [0.5, 0.6) is 11.5 Å². The van der Waals surface area contributed by atoms with Crippen molar-refractivity contribution in [3.8, 4) is 22.2 Å².